The molecule has 2 heterocycles. The number of ketones is 1. The molecule has 3 heteroatoms. The highest BCUT2D eigenvalue weighted by atomic mass is 16.1. The number of Topliss-reactive ketones (excluding diaryl/α,β-unsaturated/α-hetero) is 1. The van der Waals surface area contributed by atoms with Crippen LogP contribution in [0.25, 0.3) is 0 Å². The van der Waals surface area contributed by atoms with Crippen LogP contribution in [0.1, 0.15) is 26.7 Å². The second kappa shape index (κ2) is 3.67. The Morgan fingerprint density at radius 1 is 1.73 bits per heavy atom. The SMILES string of the molecule is C=C=C(C)C(=O)C1C2CC1NC(CC)=N2. The van der Waals surface area contributed by atoms with Crippen molar-refractivity contribution in [2.24, 2.45) is 10.9 Å². The quantitative estimate of drug-likeness (QED) is 0.558. The predicted molar refractivity (Wildman–Crippen MR) is 59.9 cm³/mol. The number of carbonyl (C=O) groups excluding carboxylic acids is 1. The van der Waals surface area contributed by atoms with Gasteiger partial charge in [0.1, 0.15) is 0 Å². The Morgan fingerprint density at radius 3 is 2.93 bits per heavy atom. The van der Waals surface area contributed by atoms with Crippen LogP contribution in [0.3, 0.4) is 0 Å². The van der Waals surface area contributed by atoms with Crippen molar-refractivity contribution in [3.8, 4) is 0 Å². The van der Waals surface area contributed by atoms with Gasteiger partial charge in [0.2, 0.25) is 0 Å². The van der Waals surface area contributed by atoms with Crippen LogP contribution in [0, 0.1) is 5.92 Å². The number of rotatable bonds is 3. The molecule has 0 saturated heterocycles. The molecule has 1 N–H and O–H groups in total. The molecule has 3 nitrogen and oxygen atoms in total. The maximum Gasteiger partial charge on any atom is 0.173 e. The average Bonchev–Trinajstić information content (AvgIpc) is 2.27. The topological polar surface area (TPSA) is 41.5 Å². The van der Waals surface area contributed by atoms with Crippen molar-refractivity contribution in [2.45, 2.75) is 38.8 Å². The van der Waals surface area contributed by atoms with E-state index < -0.39 is 0 Å². The number of nitrogens with zero attached hydrogens (tertiary/aromatic N) is 1. The molecule has 3 atom stereocenters. The molecule has 3 unspecified atom stereocenters. The molecule has 0 aromatic carbocycles. The summed E-state index contributed by atoms with van der Waals surface area (Å²) in [5, 5.41) is 3.31. The minimum absolute atomic E-state index is 0.0227. The third kappa shape index (κ3) is 1.53. The number of aliphatic imine (C=N–C) groups is 1. The summed E-state index contributed by atoms with van der Waals surface area (Å²) in [6.45, 7) is 7.35. The molecule has 2 aliphatic heterocycles. The Bertz CT molecular complexity index is 377. The van der Waals surface area contributed by atoms with Crippen LogP contribution in [0.2, 0.25) is 0 Å². The van der Waals surface area contributed by atoms with Gasteiger partial charge in [-0.2, -0.15) is 0 Å². The molecule has 15 heavy (non-hydrogen) atoms. The molecule has 1 saturated carbocycles. The third-order valence-electron chi connectivity index (χ3n) is 3.29. The molecular formula is C12H16N2O. The second-order valence-corrected chi connectivity index (χ2v) is 4.18. The van der Waals surface area contributed by atoms with E-state index in [9.17, 15) is 4.79 Å². The summed E-state index contributed by atoms with van der Waals surface area (Å²) < 4.78 is 0. The summed E-state index contributed by atoms with van der Waals surface area (Å²) in [6, 6.07) is 0.486. The summed E-state index contributed by atoms with van der Waals surface area (Å²) in [4.78, 5) is 16.4. The van der Waals surface area contributed by atoms with Crippen molar-refractivity contribution >= 4 is 11.6 Å². The largest absolute Gasteiger partial charge is 0.370 e. The summed E-state index contributed by atoms with van der Waals surface area (Å²) in [7, 11) is 0. The van der Waals surface area contributed by atoms with E-state index >= 15 is 0 Å². The first kappa shape index (κ1) is 10.2. The van der Waals surface area contributed by atoms with E-state index in [1.807, 2.05) is 0 Å². The Balaban J connectivity index is 2.14. The summed E-state index contributed by atoms with van der Waals surface area (Å²) in [6.07, 6.45) is 1.91. The molecule has 3 aliphatic rings. The number of carbonyl (C=O) groups is 1. The van der Waals surface area contributed by atoms with Crippen molar-refractivity contribution < 1.29 is 4.79 Å². The highest BCUT2D eigenvalue weighted by molar-refractivity contribution is 5.99. The van der Waals surface area contributed by atoms with Crippen LogP contribution in [0.15, 0.2) is 22.9 Å². The summed E-state index contributed by atoms with van der Waals surface area (Å²) in [5.74, 6) is 1.22. The zero-order valence-electron chi connectivity index (χ0n) is 9.21. The maximum absolute atomic E-state index is 11.9. The van der Waals surface area contributed by atoms with E-state index in [2.05, 4.69) is 29.5 Å². The number of hydrogen-bond acceptors (Lipinski definition) is 3. The van der Waals surface area contributed by atoms with Gasteiger partial charge in [0.15, 0.2) is 5.78 Å². The molecule has 0 amide bonds. The smallest absolute Gasteiger partial charge is 0.173 e. The first-order valence-corrected chi connectivity index (χ1v) is 5.41. The van der Waals surface area contributed by atoms with Crippen molar-refractivity contribution in [1.82, 2.24) is 5.32 Å². The van der Waals surface area contributed by atoms with Crippen LogP contribution in [0.4, 0.5) is 0 Å². The monoisotopic (exact) mass is 204 g/mol. The van der Waals surface area contributed by atoms with Gasteiger partial charge in [-0.05, 0) is 13.3 Å². The van der Waals surface area contributed by atoms with Gasteiger partial charge in [-0.15, -0.1) is 5.73 Å². The number of hydrogen-bond donors (Lipinski definition) is 1. The van der Waals surface area contributed by atoms with E-state index in [0.717, 1.165) is 18.7 Å². The van der Waals surface area contributed by atoms with E-state index in [0.29, 0.717) is 11.6 Å². The Morgan fingerprint density at radius 2 is 2.47 bits per heavy atom. The number of fused-ring (bicyclic) bond motifs is 1. The summed E-state index contributed by atoms with van der Waals surface area (Å²) >= 11 is 0. The fourth-order valence-corrected chi connectivity index (χ4v) is 2.25. The zero-order valence-corrected chi connectivity index (χ0v) is 9.21. The second-order valence-electron chi connectivity index (χ2n) is 4.18. The highest BCUT2D eigenvalue weighted by Gasteiger charge is 2.48. The van der Waals surface area contributed by atoms with Gasteiger partial charge in [0.05, 0.1) is 17.8 Å². The molecule has 0 radical (unpaired) electrons. The van der Waals surface area contributed by atoms with Crippen LogP contribution in [-0.2, 0) is 4.79 Å². The van der Waals surface area contributed by atoms with Crippen LogP contribution >= 0.6 is 0 Å². The third-order valence-corrected chi connectivity index (χ3v) is 3.29. The van der Waals surface area contributed by atoms with Crippen LogP contribution in [-0.4, -0.2) is 23.7 Å². The number of amidine groups is 1. The lowest BCUT2D eigenvalue weighted by Gasteiger charge is -2.46. The Hall–Kier alpha value is -1.34. The molecule has 0 aromatic heterocycles. The first-order valence-electron chi connectivity index (χ1n) is 5.41. The fraction of sp³-hybridized carbons (Fsp3) is 0.583. The van der Waals surface area contributed by atoms with Crippen LogP contribution in [0.5, 0.6) is 0 Å². The van der Waals surface area contributed by atoms with E-state index in [-0.39, 0.29) is 17.7 Å². The Kier molecular flexibility index (Phi) is 2.49. The Labute approximate surface area is 90.0 Å². The maximum atomic E-state index is 11.9. The molecule has 3 rings (SSSR count). The molecule has 80 valence electrons. The van der Waals surface area contributed by atoms with Gasteiger partial charge in [0, 0.05) is 18.0 Å². The van der Waals surface area contributed by atoms with Crippen LogP contribution < -0.4 is 5.32 Å². The number of nitrogens with one attached hydrogen (secondary N) is 1. The molecule has 2 bridgehead atoms. The van der Waals surface area contributed by atoms with E-state index in [1.54, 1.807) is 6.92 Å². The van der Waals surface area contributed by atoms with E-state index in [4.69, 9.17) is 0 Å². The van der Waals surface area contributed by atoms with E-state index in [1.165, 1.54) is 0 Å². The lowest BCUT2D eigenvalue weighted by Crippen LogP contribution is -2.62. The standard InChI is InChI=1S/C12H16N2O/c1-4-7(3)12(15)11-8-6-9(11)14-10(5-2)13-8/h8-9,11H,1,5-6H2,2-3H3,(H,13,14). The lowest BCUT2D eigenvalue weighted by atomic mass is 9.69. The van der Waals surface area contributed by atoms with Gasteiger partial charge in [-0.25, -0.2) is 0 Å². The first-order chi connectivity index (χ1) is 7.17. The van der Waals surface area contributed by atoms with Gasteiger partial charge in [-0.3, -0.25) is 9.79 Å². The van der Waals surface area contributed by atoms with Crippen molar-refractivity contribution in [1.29, 1.82) is 0 Å². The van der Waals surface area contributed by atoms with Gasteiger partial charge < -0.3 is 5.32 Å². The molecule has 0 aromatic rings. The zero-order chi connectivity index (χ0) is 11.0. The number of allylic oxidation sites excluding steroid dienone is 1. The van der Waals surface area contributed by atoms with Gasteiger partial charge in [0.25, 0.3) is 0 Å². The normalized spacial score (nSPS) is 31.9. The van der Waals surface area contributed by atoms with Crippen molar-refractivity contribution in [3.63, 3.8) is 0 Å². The molecule has 1 fully saturated rings. The van der Waals surface area contributed by atoms with Crippen molar-refractivity contribution in [3.05, 3.63) is 17.9 Å². The minimum Gasteiger partial charge on any atom is -0.370 e. The fourth-order valence-electron chi connectivity index (χ4n) is 2.25. The highest BCUT2D eigenvalue weighted by Crippen LogP contribution is 2.36. The molecule has 0 spiro atoms. The lowest BCUT2D eigenvalue weighted by molar-refractivity contribution is -0.123. The molecule has 1 aliphatic carbocycles. The average molecular weight is 204 g/mol. The van der Waals surface area contributed by atoms with Gasteiger partial charge >= 0.3 is 0 Å². The predicted octanol–water partition coefficient (Wildman–Crippen LogP) is 1.46. The minimum atomic E-state index is 0.0227. The molecular weight excluding hydrogens is 188 g/mol. The van der Waals surface area contributed by atoms with Crippen molar-refractivity contribution in [2.75, 3.05) is 0 Å². The summed E-state index contributed by atoms with van der Waals surface area (Å²) in [5.41, 5.74) is 3.30. The van der Waals surface area contributed by atoms with Gasteiger partial charge in [-0.1, -0.05) is 13.5 Å².